The van der Waals surface area contributed by atoms with E-state index in [2.05, 4.69) is 26.3 Å². The summed E-state index contributed by atoms with van der Waals surface area (Å²) >= 11 is 0. The topological polar surface area (TPSA) is 60.8 Å². The quantitative estimate of drug-likeness (QED) is 0.726. The van der Waals surface area contributed by atoms with E-state index >= 15 is 0 Å². The van der Waals surface area contributed by atoms with Gasteiger partial charge in [0, 0.05) is 12.4 Å². The van der Waals surface area contributed by atoms with Gasteiger partial charge < -0.3 is 4.74 Å². The Morgan fingerprint density at radius 1 is 1.20 bits per heavy atom. The Labute approximate surface area is 87.2 Å². The molecule has 0 saturated heterocycles. The van der Waals surface area contributed by atoms with E-state index in [9.17, 15) is 0 Å². The van der Waals surface area contributed by atoms with Crippen molar-refractivity contribution >= 4 is 0 Å². The number of hydrogen-bond acceptors (Lipinski definition) is 5. The van der Waals surface area contributed by atoms with E-state index in [1.807, 2.05) is 6.92 Å². The number of aromatic nitrogens is 4. The second-order valence-corrected chi connectivity index (χ2v) is 2.97. The minimum absolute atomic E-state index is 0.510. The molecule has 0 bridgehead atoms. The van der Waals surface area contributed by atoms with Crippen molar-refractivity contribution in [1.29, 1.82) is 0 Å². The average molecular weight is 201 g/mol. The maximum absolute atomic E-state index is 5.10. The molecule has 0 atom stereocenters. The van der Waals surface area contributed by atoms with Gasteiger partial charge >= 0.3 is 0 Å². The first-order chi connectivity index (χ1) is 7.31. The highest BCUT2D eigenvalue weighted by Gasteiger charge is 2.09. The van der Waals surface area contributed by atoms with Crippen LogP contribution in [0.5, 0.6) is 5.75 Å². The summed E-state index contributed by atoms with van der Waals surface area (Å²) in [6.07, 6.45) is 7.47. The van der Waals surface area contributed by atoms with Crippen molar-refractivity contribution in [2.24, 2.45) is 0 Å². The molecule has 2 aromatic rings. The second kappa shape index (κ2) is 4.00. The predicted molar refractivity (Wildman–Crippen MR) is 53.2 cm³/mol. The third-order valence-corrected chi connectivity index (χ3v) is 1.85. The van der Waals surface area contributed by atoms with Crippen LogP contribution in [0, 0.1) is 13.3 Å². The summed E-state index contributed by atoms with van der Waals surface area (Å²) in [4.78, 5) is 16.0. The van der Waals surface area contributed by atoms with Crippen LogP contribution in [0.4, 0.5) is 0 Å². The van der Waals surface area contributed by atoms with E-state index in [1.165, 1.54) is 6.20 Å². The third-order valence-electron chi connectivity index (χ3n) is 1.85. The van der Waals surface area contributed by atoms with Gasteiger partial charge in [0.25, 0.3) is 0 Å². The van der Waals surface area contributed by atoms with Crippen LogP contribution in [0.25, 0.3) is 11.5 Å². The van der Waals surface area contributed by atoms with Crippen LogP contribution in [0.3, 0.4) is 0 Å². The Morgan fingerprint density at radius 2 is 1.93 bits per heavy atom. The van der Waals surface area contributed by atoms with Gasteiger partial charge in [0.05, 0.1) is 13.3 Å². The van der Waals surface area contributed by atoms with Crippen LogP contribution >= 0.6 is 0 Å². The number of ether oxygens (including phenoxy) is 1. The summed E-state index contributed by atoms with van der Waals surface area (Å²) < 4.78 is 5.10. The number of nitrogens with zero attached hydrogens (tertiary/aromatic N) is 4. The lowest BCUT2D eigenvalue weighted by Crippen LogP contribution is -1.96. The van der Waals surface area contributed by atoms with Gasteiger partial charge in [0.2, 0.25) is 0 Å². The molecule has 2 heterocycles. The standard InChI is InChI=1S/C10H9N4O/c1-7-3-12-10(13-4-7)9-8(15-2)5-11-6-14-9/h3-5H,1-2H3. The lowest BCUT2D eigenvalue weighted by molar-refractivity contribution is 0.412. The Kier molecular flexibility index (Phi) is 2.53. The van der Waals surface area contributed by atoms with Gasteiger partial charge in [-0.1, -0.05) is 0 Å². The summed E-state index contributed by atoms with van der Waals surface area (Å²) in [5, 5.41) is 0. The normalized spacial score (nSPS) is 10.0. The van der Waals surface area contributed by atoms with Crippen LogP contribution < -0.4 is 4.74 Å². The third kappa shape index (κ3) is 1.90. The molecule has 5 nitrogen and oxygen atoms in total. The first-order valence-electron chi connectivity index (χ1n) is 4.37. The van der Waals surface area contributed by atoms with E-state index < -0.39 is 0 Å². The zero-order valence-corrected chi connectivity index (χ0v) is 8.43. The van der Waals surface area contributed by atoms with E-state index in [4.69, 9.17) is 4.74 Å². The Balaban J connectivity index is 2.49. The maximum atomic E-state index is 5.10. The highest BCUT2D eigenvalue weighted by atomic mass is 16.5. The Hall–Kier alpha value is -2.04. The number of aryl methyl sites for hydroxylation is 1. The molecule has 5 heteroatoms. The van der Waals surface area contributed by atoms with E-state index in [0.29, 0.717) is 17.3 Å². The summed E-state index contributed by atoms with van der Waals surface area (Å²) in [5.74, 6) is 1.05. The summed E-state index contributed by atoms with van der Waals surface area (Å²) in [6.45, 7) is 1.92. The van der Waals surface area contributed by atoms with E-state index in [1.54, 1.807) is 19.5 Å². The molecule has 0 fully saturated rings. The first kappa shape index (κ1) is 9.51. The van der Waals surface area contributed by atoms with Gasteiger partial charge in [0.15, 0.2) is 23.6 Å². The fourth-order valence-electron chi connectivity index (χ4n) is 1.11. The molecule has 2 rings (SSSR count). The molecule has 0 aromatic carbocycles. The Morgan fingerprint density at radius 3 is 2.60 bits per heavy atom. The molecule has 0 spiro atoms. The van der Waals surface area contributed by atoms with Crippen LogP contribution in [0.1, 0.15) is 5.56 Å². The van der Waals surface area contributed by atoms with Crippen molar-refractivity contribution in [2.75, 3.05) is 7.11 Å². The summed E-state index contributed by atoms with van der Waals surface area (Å²) in [5.41, 5.74) is 1.54. The van der Waals surface area contributed by atoms with Crippen LogP contribution in [-0.2, 0) is 0 Å². The largest absolute Gasteiger partial charge is 0.493 e. The van der Waals surface area contributed by atoms with E-state index in [0.717, 1.165) is 5.56 Å². The summed E-state index contributed by atoms with van der Waals surface area (Å²) in [7, 11) is 1.55. The SMILES string of the molecule is COc1cn[c]nc1-c1ncc(C)cn1. The van der Waals surface area contributed by atoms with Gasteiger partial charge in [-0.15, -0.1) is 0 Å². The molecule has 0 N–H and O–H groups in total. The molecule has 75 valence electrons. The van der Waals surface area contributed by atoms with Gasteiger partial charge in [-0.2, -0.15) is 0 Å². The highest BCUT2D eigenvalue weighted by Crippen LogP contribution is 2.22. The molecule has 2 aromatic heterocycles. The van der Waals surface area contributed by atoms with Crippen LogP contribution in [0.2, 0.25) is 0 Å². The number of methoxy groups -OCH3 is 1. The van der Waals surface area contributed by atoms with Crippen LogP contribution in [0.15, 0.2) is 18.6 Å². The minimum Gasteiger partial charge on any atom is -0.493 e. The van der Waals surface area contributed by atoms with Crippen molar-refractivity contribution in [3.05, 3.63) is 30.5 Å². The lowest BCUT2D eigenvalue weighted by Gasteiger charge is -2.04. The molecule has 0 unspecified atom stereocenters. The summed E-state index contributed by atoms with van der Waals surface area (Å²) in [6, 6.07) is 0. The molecule has 0 amide bonds. The first-order valence-corrected chi connectivity index (χ1v) is 4.37. The van der Waals surface area contributed by atoms with Gasteiger partial charge in [-0.3, -0.25) is 0 Å². The second-order valence-electron chi connectivity index (χ2n) is 2.97. The smallest absolute Gasteiger partial charge is 0.198 e. The van der Waals surface area contributed by atoms with Crippen molar-refractivity contribution in [3.63, 3.8) is 0 Å². The molecular weight excluding hydrogens is 192 g/mol. The van der Waals surface area contributed by atoms with Gasteiger partial charge in [0.1, 0.15) is 0 Å². The van der Waals surface area contributed by atoms with Gasteiger partial charge in [-0.05, 0) is 12.5 Å². The average Bonchev–Trinajstić information content (AvgIpc) is 2.30. The molecule has 15 heavy (non-hydrogen) atoms. The van der Waals surface area contributed by atoms with Crippen molar-refractivity contribution < 1.29 is 4.74 Å². The van der Waals surface area contributed by atoms with Crippen molar-refractivity contribution in [2.45, 2.75) is 6.92 Å². The Bertz CT molecular complexity index is 455. The fourth-order valence-corrected chi connectivity index (χ4v) is 1.11. The lowest BCUT2D eigenvalue weighted by atomic mass is 10.3. The minimum atomic E-state index is 0.510. The number of rotatable bonds is 2. The van der Waals surface area contributed by atoms with Gasteiger partial charge in [-0.25, -0.2) is 19.9 Å². The molecule has 1 radical (unpaired) electrons. The maximum Gasteiger partial charge on any atom is 0.198 e. The highest BCUT2D eigenvalue weighted by molar-refractivity contribution is 5.57. The van der Waals surface area contributed by atoms with Crippen molar-refractivity contribution in [3.8, 4) is 17.3 Å². The van der Waals surface area contributed by atoms with E-state index in [-0.39, 0.29) is 0 Å². The monoisotopic (exact) mass is 201 g/mol. The zero-order chi connectivity index (χ0) is 10.7. The molecule has 0 aliphatic rings. The fraction of sp³-hybridized carbons (Fsp3) is 0.200. The van der Waals surface area contributed by atoms with Crippen LogP contribution in [-0.4, -0.2) is 27.0 Å². The molecule has 0 aliphatic heterocycles. The molecule has 0 aliphatic carbocycles. The number of hydrogen-bond donors (Lipinski definition) is 0. The molecular formula is C10H9N4O. The zero-order valence-electron chi connectivity index (χ0n) is 8.43. The predicted octanol–water partition coefficient (Wildman–Crippen LogP) is 1.05. The van der Waals surface area contributed by atoms with Crippen molar-refractivity contribution in [1.82, 2.24) is 19.9 Å². The molecule has 0 saturated carbocycles.